The monoisotopic (exact) mass is 214 g/mol. The number of amides is 2. The molecule has 0 heterocycles. The summed E-state index contributed by atoms with van der Waals surface area (Å²) in [5.41, 5.74) is 4.76. The summed E-state index contributed by atoms with van der Waals surface area (Å²) in [7, 11) is -2.76. The Kier molecular flexibility index (Phi) is 6.91. The number of carbonyl (C=O) groups excluding carboxylic acids is 1. The molecule has 0 unspecified atom stereocenters. The first-order chi connectivity index (χ1) is 5.63. The zero-order chi connectivity index (χ0) is 9.40. The van der Waals surface area contributed by atoms with E-state index in [2.05, 4.69) is 8.91 Å². The number of rotatable bonds is 6. The summed E-state index contributed by atoms with van der Waals surface area (Å²) in [4.78, 5) is 10.1. The first kappa shape index (κ1) is 11.5. The van der Waals surface area contributed by atoms with Crippen LogP contribution >= 0.6 is 11.9 Å². The van der Waals surface area contributed by atoms with Crippen molar-refractivity contribution in [1.82, 2.24) is 4.72 Å². The van der Waals surface area contributed by atoms with Gasteiger partial charge in [0.2, 0.25) is 0 Å². The standard InChI is InChI=1S/C4H10N2O4S2/c5-4(7)6-11-3-1-2-10-12(8)9/h12H,1-3H2,(H3,5,6,7). The van der Waals surface area contributed by atoms with Crippen molar-refractivity contribution < 1.29 is 17.4 Å². The molecular weight excluding hydrogens is 204 g/mol. The molecule has 0 saturated carbocycles. The highest BCUT2D eigenvalue weighted by Gasteiger charge is 1.92. The van der Waals surface area contributed by atoms with Crippen LogP contribution in [0.3, 0.4) is 0 Å². The van der Waals surface area contributed by atoms with Gasteiger partial charge in [0.1, 0.15) is 0 Å². The lowest BCUT2D eigenvalue weighted by Gasteiger charge is -1.98. The minimum absolute atomic E-state index is 0.131. The Bertz CT molecular complexity index is 197. The SMILES string of the molecule is NC(=O)NSCCCO[SH](=O)=O. The van der Waals surface area contributed by atoms with E-state index in [1.54, 1.807) is 0 Å². The van der Waals surface area contributed by atoms with Gasteiger partial charge in [0.05, 0.1) is 6.61 Å². The molecule has 0 aromatic carbocycles. The third-order valence-corrected chi connectivity index (χ3v) is 1.99. The number of nitrogens with two attached hydrogens (primary N) is 1. The Morgan fingerprint density at radius 3 is 2.75 bits per heavy atom. The molecular formula is C4H10N2O4S2. The minimum atomic E-state index is -2.76. The third-order valence-electron chi connectivity index (χ3n) is 0.760. The van der Waals surface area contributed by atoms with Gasteiger partial charge in [-0.15, -0.1) is 0 Å². The zero-order valence-electron chi connectivity index (χ0n) is 6.19. The van der Waals surface area contributed by atoms with E-state index < -0.39 is 17.0 Å². The molecule has 0 saturated heterocycles. The molecule has 0 fully saturated rings. The van der Waals surface area contributed by atoms with Gasteiger partial charge in [-0.05, 0) is 18.4 Å². The van der Waals surface area contributed by atoms with Crippen LogP contribution in [0.1, 0.15) is 6.42 Å². The van der Waals surface area contributed by atoms with Gasteiger partial charge in [0, 0.05) is 5.75 Å². The summed E-state index contributed by atoms with van der Waals surface area (Å²) in [5, 5.41) is 0. The molecule has 72 valence electrons. The highest BCUT2D eigenvalue weighted by Crippen LogP contribution is 1.95. The number of hydrogen-bond donors (Lipinski definition) is 3. The van der Waals surface area contributed by atoms with Crippen LogP contribution in [0, 0.1) is 0 Å². The maximum Gasteiger partial charge on any atom is 0.322 e. The van der Waals surface area contributed by atoms with Gasteiger partial charge in [0.25, 0.3) is 11.0 Å². The molecule has 0 radical (unpaired) electrons. The van der Waals surface area contributed by atoms with Crippen molar-refractivity contribution in [2.45, 2.75) is 6.42 Å². The van der Waals surface area contributed by atoms with E-state index in [-0.39, 0.29) is 6.61 Å². The van der Waals surface area contributed by atoms with Crippen molar-refractivity contribution >= 4 is 29.0 Å². The number of thiol groups is 1. The largest absolute Gasteiger partial charge is 0.351 e. The molecule has 0 aromatic heterocycles. The summed E-state index contributed by atoms with van der Waals surface area (Å²) in [6.45, 7) is 0.131. The fraction of sp³-hybridized carbons (Fsp3) is 0.750. The van der Waals surface area contributed by atoms with Crippen LogP contribution in [0.15, 0.2) is 0 Å². The Morgan fingerprint density at radius 1 is 1.58 bits per heavy atom. The maximum atomic E-state index is 10.1. The van der Waals surface area contributed by atoms with E-state index in [4.69, 9.17) is 5.73 Å². The Hall–Kier alpha value is -0.470. The molecule has 3 N–H and O–H groups in total. The van der Waals surface area contributed by atoms with Gasteiger partial charge < -0.3 is 5.73 Å². The Balaban J connectivity index is 3.06. The molecule has 0 bridgehead atoms. The van der Waals surface area contributed by atoms with E-state index >= 15 is 0 Å². The topological polar surface area (TPSA) is 98.5 Å². The predicted molar refractivity (Wildman–Crippen MR) is 46.1 cm³/mol. The van der Waals surface area contributed by atoms with Gasteiger partial charge in [-0.2, -0.15) is 0 Å². The van der Waals surface area contributed by atoms with Crippen LogP contribution in [-0.4, -0.2) is 26.8 Å². The van der Waals surface area contributed by atoms with Crippen molar-refractivity contribution in [1.29, 1.82) is 0 Å². The van der Waals surface area contributed by atoms with Gasteiger partial charge in [0.15, 0.2) is 0 Å². The van der Waals surface area contributed by atoms with E-state index in [1.165, 1.54) is 0 Å². The first-order valence-electron chi connectivity index (χ1n) is 3.07. The quantitative estimate of drug-likeness (QED) is 0.306. The molecule has 0 aliphatic rings. The van der Waals surface area contributed by atoms with Gasteiger partial charge >= 0.3 is 6.03 Å². The normalized spacial score (nSPS) is 10.1. The van der Waals surface area contributed by atoms with Crippen molar-refractivity contribution in [2.24, 2.45) is 5.73 Å². The number of primary amides is 1. The summed E-state index contributed by atoms with van der Waals surface area (Å²) >= 11 is 1.11. The van der Waals surface area contributed by atoms with E-state index in [0.717, 1.165) is 11.9 Å². The molecule has 0 atom stereocenters. The van der Waals surface area contributed by atoms with Crippen molar-refractivity contribution in [3.8, 4) is 0 Å². The van der Waals surface area contributed by atoms with Crippen LogP contribution in [0.4, 0.5) is 4.79 Å². The second-order valence-corrected chi connectivity index (χ2v) is 3.33. The summed E-state index contributed by atoms with van der Waals surface area (Å²) in [5.74, 6) is 0.562. The third kappa shape index (κ3) is 9.53. The zero-order valence-corrected chi connectivity index (χ0v) is 7.90. The lowest BCUT2D eigenvalue weighted by Crippen LogP contribution is -2.23. The molecule has 8 heteroatoms. The van der Waals surface area contributed by atoms with Crippen LogP contribution < -0.4 is 10.5 Å². The minimum Gasteiger partial charge on any atom is -0.351 e. The highest BCUT2D eigenvalue weighted by atomic mass is 32.2. The fourth-order valence-electron chi connectivity index (χ4n) is 0.392. The highest BCUT2D eigenvalue weighted by molar-refractivity contribution is 7.97. The number of hydrogen-bond acceptors (Lipinski definition) is 5. The predicted octanol–water partition coefficient (Wildman–Crippen LogP) is -0.764. The first-order valence-corrected chi connectivity index (χ1v) is 5.15. The van der Waals surface area contributed by atoms with Crippen molar-refractivity contribution in [2.75, 3.05) is 12.4 Å². The van der Waals surface area contributed by atoms with E-state index in [0.29, 0.717) is 12.2 Å². The van der Waals surface area contributed by atoms with Gasteiger partial charge in [-0.1, -0.05) is 0 Å². The van der Waals surface area contributed by atoms with Gasteiger partial charge in [-0.25, -0.2) is 13.2 Å². The summed E-state index contributed by atoms with van der Waals surface area (Å²) in [6.07, 6.45) is 0.536. The Morgan fingerprint density at radius 2 is 2.25 bits per heavy atom. The van der Waals surface area contributed by atoms with Crippen LogP contribution in [0.5, 0.6) is 0 Å². The van der Waals surface area contributed by atoms with Crippen LogP contribution in [0.25, 0.3) is 0 Å². The van der Waals surface area contributed by atoms with E-state index in [1.807, 2.05) is 0 Å². The number of carbonyl (C=O) groups is 1. The molecule has 2 amide bonds. The summed E-state index contributed by atoms with van der Waals surface area (Å²) in [6, 6.07) is -0.615. The smallest absolute Gasteiger partial charge is 0.322 e. The van der Waals surface area contributed by atoms with Gasteiger partial charge in [-0.3, -0.25) is 8.91 Å². The second kappa shape index (κ2) is 7.19. The molecule has 6 nitrogen and oxygen atoms in total. The maximum absolute atomic E-state index is 10.1. The molecule has 0 rings (SSSR count). The number of urea groups is 1. The average molecular weight is 214 g/mol. The molecule has 0 spiro atoms. The van der Waals surface area contributed by atoms with Crippen LogP contribution in [-0.2, 0) is 15.2 Å². The van der Waals surface area contributed by atoms with E-state index in [9.17, 15) is 13.2 Å². The molecule has 12 heavy (non-hydrogen) atoms. The number of nitrogens with one attached hydrogen (secondary N) is 1. The average Bonchev–Trinajstić information content (AvgIpc) is 1.95. The summed E-state index contributed by atoms with van der Waals surface area (Å²) < 4.78 is 26.2. The van der Waals surface area contributed by atoms with Crippen molar-refractivity contribution in [3.63, 3.8) is 0 Å². The molecule has 0 aliphatic heterocycles. The Labute approximate surface area is 76.1 Å². The van der Waals surface area contributed by atoms with Crippen molar-refractivity contribution in [3.05, 3.63) is 0 Å². The lowest BCUT2D eigenvalue weighted by molar-refractivity contribution is 0.254. The molecule has 0 aromatic rings. The van der Waals surface area contributed by atoms with Crippen LogP contribution in [0.2, 0.25) is 0 Å². The molecule has 0 aliphatic carbocycles. The lowest BCUT2D eigenvalue weighted by atomic mass is 10.5. The second-order valence-electron chi connectivity index (χ2n) is 1.73. The fourth-order valence-corrected chi connectivity index (χ4v) is 1.18.